The van der Waals surface area contributed by atoms with Gasteiger partial charge in [-0.2, -0.15) is 0 Å². The third kappa shape index (κ3) is 5.50. The molecule has 1 N–H and O–H groups in total. The van der Waals surface area contributed by atoms with Crippen molar-refractivity contribution in [3.63, 3.8) is 0 Å². The van der Waals surface area contributed by atoms with Gasteiger partial charge in [-0.15, -0.1) is 0 Å². The van der Waals surface area contributed by atoms with E-state index in [4.69, 9.17) is 25.8 Å². The van der Waals surface area contributed by atoms with E-state index in [1.807, 2.05) is 0 Å². The van der Waals surface area contributed by atoms with Gasteiger partial charge in [0, 0.05) is 24.1 Å². The highest BCUT2D eigenvalue weighted by molar-refractivity contribution is 6.31. The highest BCUT2D eigenvalue weighted by atomic mass is 35.5. The molecule has 0 aromatic heterocycles. The number of benzene rings is 2. The van der Waals surface area contributed by atoms with E-state index in [1.54, 1.807) is 12.1 Å². The molecule has 0 bridgehead atoms. The predicted molar refractivity (Wildman–Crippen MR) is 118 cm³/mol. The molecule has 3 rings (SSSR count). The zero-order valence-corrected chi connectivity index (χ0v) is 18.5. The lowest BCUT2D eigenvalue weighted by molar-refractivity contribution is -0.384. The standard InChI is InChI=1S/C21H20ClN3O8/c1-31-17-6-3-13(22)8-15(17)23-19(26)11-33-21(28)12-7-20(27)24(10-12)16-5-4-14(25(29)30)9-18(16)32-2/h3-6,8-9,12H,7,10-11H2,1-2H3,(H,23,26)/t12-/m1/s1. The van der Waals surface area contributed by atoms with Crippen molar-refractivity contribution < 1.29 is 33.5 Å². The van der Waals surface area contributed by atoms with Crippen LogP contribution in [0, 0.1) is 16.0 Å². The van der Waals surface area contributed by atoms with E-state index >= 15 is 0 Å². The first kappa shape index (κ1) is 23.8. The number of carbonyl (C=O) groups excluding carboxylic acids is 3. The molecule has 0 saturated carbocycles. The van der Waals surface area contributed by atoms with Gasteiger partial charge in [0.25, 0.3) is 11.6 Å². The molecule has 0 radical (unpaired) electrons. The van der Waals surface area contributed by atoms with Crippen molar-refractivity contribution in [1.29, 1.82) is 0 Å². The van der Waals surface area contributed by atoms with Crippen LogP contribution in [-0.2, 0) is 19.1 Å². The third-order valence-corrected chi connectivity index (χ3v) is 5.14. The Labute approximate surface area is 193 Å². The van der Waals surface area contributed by atoms with Crippen LogP contribution >= 0.6 is 11.6 Å². The minimum absolute atomic E-state index is 0.0183. The maximum atomic E-state index is 12.5. The summed E-state index contributed by atoms with van der Waals surface area (Å²) in [5.74, 6) is -2.01. The van der Waals surface area contributed by atoms with Gasteiger partial charge in [-0.3, -0.25) is 24.5 Å². The maximum Gasteiger partial charge on any atom is 0.311 e. The maximum absolute atomic E-state index is 12.5. The van der Waals surface area contributed by atoms with Crippen molar-refractivity contribution in [1.82, 2.24) is 0 Å². The number of nitro benzene ring substituents is 1. The number of esters is 1. The van der Waals surface area contributed by atoms with Gasteiger partial charge in [-0.05, 0) is 24.3 Å². The second-order valence-electron chi connectivity index (χ2n) is 7.02. The molecule has 2 aromatic carbocycles. The summed E-state index contributed by atoms with van der Waals surface area (Å²) < 4.78 is 15.4. The molecular formula is C21H20ClN3O8. The molecule has 1 atom stereocenters. The van der Waals surface area contributed by atoms with Crippen molar-refractivity contribution in [2.24, 2.45) is 5.92 Å². The molecule has 0 spiro atoms. The van der Waals surface area contributed by atoms with E-state index in [1.165, 1.54) is 43.4 Å². The zero-order chi connectivity index (χ0) is 24.1. The molecule has 174 valence electrons. The number of non-ortho nitro benzene ring substituents is 1. The molecule has 1 fully saturated rings. The summed E-state index contributed by atoms with van der Waals surface area (Å²) in [6.45, 7) is -0.588. The number of ether oxygens (including phenoxy) is 3. The van der Waals surface area contributed by atoms with Crippen LogP contribution < -0.4 is 19.7 Å². The first-order valence-corrected chi connectivity index (χ1v) is 10.0. The Balaban J connectivity index is 1.61. The van der Waals surface area contributed by atoms with Crippen LogP contribution in [0.2, 0.25) is 5.02 Å². The van der Waals surface area contributed by atoms with Gasteiger partial charge < -0.3 is 24.4 Å². The Morgan fingerprint density at radius 3 is 2.58 bits per heavy atom. The summed E-state index contributed by atoms with van der Waals surface area (Å²) in [4.78, 5) is 48.8. The SMILES string of the molecule is COc1ccc(Cl)cc1NC(=O)COC(=O)[C@@H]1CC(=O)N(c2ccc([N+](=O)[O-])cc2OC)C1. The number of carbonyl (C=O) groups is 3. The summed E-state index contributed by atoms with van der Waals surface area (Å²) in [6.07, 6.45) is -0.136. The number of nitrogens with one attached hydrogen (secondary N) is 1. The van der Waals surface area contributed by atoms with Gasteiger partial charge >= 0.3 is 5.97 Å². The van der Waals surface area contributed by atoms with Crippen molar-refractivity contribution in [2.75, 3.05) is 37.6 Å². The molecule has 33 heavy (non-hydrogen) atoms. The third-order valence-electron chi connectivity index (χ3n) is 4.90. The smallest absolute Gasteiger partial charge is 0.311 e. The van der Waals surface area contributed by atoms with Crippen molar-refractivity contribution >= 4 is 46.4 Å². The topological polar surface area (TPSA) is 137 Å². The molecule has 1 aliphatic rings. The van der Waals surface area contributed by atoms with Gasteiger partial charge in [0.15, 0.2) is 6.61 Å². The minimum atomic E-state index is -0.814. The second kappa shape index (κ2) is 10.2. The van der Waals surface area contributed by atoms with Crippen LogP contribution in [0.15, 0.2) is 36.4 Å². The molecule has 0 aliphatic carbocycles. The quantitative estimate of drug-likeness (QED) is 0.348. The van der Waals surface area contributed by atoms with Crippen molar-refractivity contribution in [3.8, 4) is 11.5 Å². The first-order chi connectivity index (χ1) is 15.7. The lowest BCUT2D eigenvalue weighted by atomic mass is 10.1. The monoisotopic (exact) mass is 477 g/mol. The average molecular weight is 478 g/mol. The first-order valence-electron chi connectivity index (χ1n) is 9.66. The Bertz CT molecular complexity index is 1110. The fraction of sp³-hybridized carbons (Fsp3) is 0.286. The predicted octanol–water partition coefficient (Wildman–Crippen LogP) is 2.80. The lowest BCUT2D eigenvalue weighted by Gasteiger charge is -2.19. The molecule has 2 aromatic rings. The van der Waals surface area contributed by atoms with E-state index in [2.05, 4.69) is 5.32 Å². The molecule has 1 heterocycles. The number of rotatable bonds is 8. The van der Waals surface area contributed by atoms with E-state index in [0.717, 1.165) is 0 Å². The van der Waals surface area contributed by atoms with E-state index in [-0.39, 0.29) is 30.3 Å². The number of amides is 2. The van der Waals surface area contributed by atoms with E-state index < -0.39 is 29.3 Å². The van der Waals surface area contributed by atoms with E-state index in [9.17, 15) is 24.5 Å². The Hall–Kier alpha value is -3.86. The van der Waals surface area contributed by atoms with E-state index in [0.29, 0.717) is 22.1 Å². The van der Waals surface area contributed by atoms with Gasteiger partial charge in [-0.1, -0.05) is 11.6 Å². The van der Waals surface area contributed by atoms with Gasteiger partial charge in [-0.25, -0.2) is 0 Å². The fourth-order valence-corrected chi connectivity index (χ4v) is 3.49. The molecule has 2 amide bonds. The molecule has 1 saturated heterocycles. The van der Waals surface area contributed by atoms with Crippen LogP contribution in [-0.4, -0.2) is 50.1 Å². The highest BCUT2D eigenvalue weighted by Crippen LogP contribution is 2.36. The molecule has 1 aliphatic heterocycles. The highest BCUT2D eigenvalue weighted by Gasteiger charge is 2.37. The van der Waals surface area contributed by atoms with Gasteiger partial charge in [0.2, 0.25) is 5.91 Å². The van der Waals surface area contributed by atoms with Gasteiger partial charge in [0.05, 0.1) is 42.5 Å². The summed E-state index contributed by atoms with van der Waals surface area (Å²) in [5.41, 5.74) is 0.424. The summed E-state index contributed by atoms with van der Waals surface area (Å²) >= 11 is 5.92. The van der Waals surface area contributed by atoms with Crippen molar-refractivity contribution in [2.45, 2.75) is 6.42 Å². The molecular weight excluding hydrogens is 458 g/mol. The van der Waals surface area contributed by atoms with Crippen LogP contribution in [0.1, 0.15) is 6.42 Å². The Kier molecular flexibility index (Phi) is 7.34. The second-order valence-corrected chi connectivity index (χ2v) is 7.46. The summed E-state index contributed by atoms with van der Waals surface area (Å²) in [5, 5.41) is 13.9. The molecule has 0 unspecified atom stereocenters. The number of anilines is 2. The average Bonchev–Trinajstić information content (AvgIpc) is 3.18. The number of methoxy groups -OCH3 is 2. The van der Waals surface area contributed by atoms with Crippen LogP contribution in [0.4, 0.5) is 17.1 Å². The summed E-state index contributed by atoms with van der Waals surface area (Å²) in [6, 6.07) is 8.49. The Morgan fingerprint density at radius 2 is 1.91 bits per heavy atom. The largest absolute Gasteiger partial charge is 0.495 e. The number of hydrogen-bond donors (Lipinski definition) is 1. The summed E-state index contributed by atoms with van der Waals surface area (Å²) in [7, 11) is 2.75. The normalized spacial score (nSPS) is 15.2. The minimum Gasteiger partial charge on any atom is -0.495 e. The number of nitrogens with zero attached hydrogens (tertiary/aromatic N) is 2. The lowest BCUT2D eigenvalue weighted by Crippen LogP contribution is -2.28. The Morgan fingerprint density at radius 1 is 1.18 bits per heavy atom. The number of nitro groups is 1. The fourth-order valence-electron chi connectivity index (χ4n) is 3.32. The van der Waals surface area contributed by atoms with Crippen LogP contribution in [0.25, 0.3) is 0 Å². The number of hydrogen-bond acceptors (Lipinski definition) is 8. The van der Waals surface area contributed by atoms with Gasteiger partial charge in [0.1, 0.15) is 11.5 Å². The zero-order valence-electron chi connectivity index (χ0n) is 17.7. The molecule has 12 heteroatoms. The molecule has 11 nitrogen and oxygen atoms in total. The van der Waals surface area contributed by atoms with Crippen LogP contribution in [0.3, 0.4) is 0 Å². The van der Waals surface area contributed by atoms with Crippen LogP contribution in [0.5, 0.6) is 11.5 Å². The van der Waals surface area contributed by atoms with Crippen molar-refractivity contribution in [3.05, 3.63) is 51.5 Å². The number of halogens is 1.